The van der Waals surface area contributed by atoms with Crippen molar-refractivity contribution >= 4 is 29.3 Å². The van der Waals surface area contributed by atoms with Crippen molar-refractivity contribution in [2.45, 2.75) is 30.4 Å². The molecule has 5 rings (SSSR count). The highest BCUT2D eigenvalue weighted by molar-refractivity contribution is 7.98. The van der Waals surface area contributed by atoms with Crippen LogP contribution in [0.25, 0.3) is 11.3 Å². The molecule has 0 spiro atoms. The molecule has 1 aliphatic rings. The van der Waals surface area contributed by atoms with Crippen LogP contribution in [-0.4, -0.2) is 40.5 Å². The van der Waals surface area contributed by atoms with Crippen LogP contribution >= 0.6 is 11.8 Å². The van der Waals surface area contributed by atoms with Crippen LogP contribution in [0.15, 0.2) is 89.8 Å². The second kappa shape index (κ2) is 10.1. The van der Waals surface area contributed by atoms with Crippen LogP contribution in [-0.2, 0) is 17.9 Å². The van der Waals surface area contributed by atoms with E-state index >= 15 is 0 Å². The minimum absolute atomic E-state index is 0.210. The number of rotatable bonds is 7. The van der Waals surface area contributed by atoms with Gasteiger partial charge in [-0.1, -0.05) is 54.6 Å². The Labute approximate surface area is 220 Å². The van der Waals surface area contributed by atoms with Crippen LogP contribution in [0, 0.1) is 0 Å². The number of ether oxygens (including phenoxy) is 1. The predicted octanol–water partition coefficient (Wildman–Crippen LogP) is 5.02. The number of nitrogens with zero attached hydrogens (tertiary/aromatic N) is 3. The zero-order chi connectivity index (χ0) is 26.0. The number of hydrogen-bond acceptors (Lipinski definition) is 5. The first-order valence-corrected chi connectivity index (χ1v) is 13.2. The molecular formula is C29H28N4O3S. The Morgan fingerprint density at radius 3 is 2.57 bits per heavy atom. The van der Waals surface area contributed by atoms with Gasteiger partial charge in [0.25, 0.3) is 5.91 Å². The summed E-state index contributed by atoms with van der Waals surface area (Å²) in [6.45, 7) is 2.27. The van der Waals surface area contributed by atoms with Gasteiger partial charge in [-0.2, -0.15) is 5.10 Å². The molecule has 7 nitrogen and oxygen atoms in total. The molecule has 0 unspecified atom stereocenters. The number of fused-ring (bicyclic) bond motifs is 1. The molecule has 1 aromatic heterocycles. The van der Waals surface area contributed by atoms with Crippen molar-refractivity contribution in [3.8, 4) is 17.0 Å². The van der Waals surface area contributed by atoms with Crippen molar-refractivity contribution in [1.82, 2.24) is 15.1 Å². The first kappa shape index (κ1) is 24.6. The Bertz CT molecular complexity index is 1450. The van der Waals surface area contributed by atoms with E-state index in [1.165, 1.54) is 0 Å². The number of hydrogen-bond donors (Lipinski definition) is 1. The lowest BCUT2D eigenvalue weighted by Gasteiger charge is -2.43. The number of para-hydroxylation sites is 1. The van der Waals surface area contributed by atoms with Crippen molar-refractivity contribution in [2.24, 2.45) is 0 Å². The lowest BCUT2D eigenvalue weighted by molar-refractivity contribution is -0.126. The summed E-state index contributed by atoms with van der Waals surface area (Å²) in [6.07, 6.45) is 1.98. The summed E-state index contributed by atoms with van der Waals surface area (Å²) in [5.41, 5.74) is 2.36. The monoisotopic (exact) mass is 512 g/mol. The fraction of sp³-hybridized carbons (Fsp3) is 0.207. The minimum atomic E-state index is -1.22. The molecule has 1 atom stereocenters. The van der Waals surface area contributed by atoms with E-state index in [0.29, 0.717) is 22.8 Å². The third kappa shape index (κ3) is 4.60. The minimum Gasteiger partial charge on any atom is -0.496 e. The lowest BCUT2D eigenvalue weighted by Crippen LogP contribution is -2.64. The van der Waals surface area contributed by atoms with Crippen molar-refractivity contribution in [2.75, 3.05) is 18.3 Å². The molecule has 37 heavy (non-hydrogen) atoms. The molecule has 8 heteroatoms. The van der Waals surface area contributed by atoms with E-state index < -0.39 is 5.54 Å². The van der Waals surface area contributed by atoms with E-state index in [1.54, 1.807) is 41.4 Å². The smallest absolute Gasteiger partial charge is 0.277 e. The molecule has 0 saturated carbocycles. The summed E-state index contributed by atoms with van der Waals surface area (Å²) in [5, 5.41) is 7.76. The summed E-state index contributed by atoms with van der Waals surface area (Å²) in [6, 6.07) is 26.8. The van der Waals surface area contributed by atoms with Gasteiger partial charge in [0.05, 0.1) is 19.3 Å². The third-order valence-corrected chi connectivity index (χ3v) is 7.38. The summed E-state index contributed by atoms with van der Waals surface area (Å²) in [5.74, 6) is 0.150. The molecule has 1 aliphatic heterocycles. The Kier molecular flexibility index (Phi) is 6.76. The SMILES string of the molecule is COc1ccccc1CNC(=O)[C@]1(C)Cn2nc(-c3ccccc3)cc2C(=O)N1c1cccc(SC)c1. The van der Waals surface area contributed by atoms with E-state index in [-0.39, 0.29) is 24.9 Å². The van der Waals surface area contributed by atoms with Gasteiger partial charge < -0.3 is 10.1 Å². The maximum Gasteiger partial charge on any atom is 0.277 e. The van der Waals surface area contributed by atoms with Crippen LogP contribution in [0.4, 0.5) is 5.69 Å². The van der Waals surface area contributed by atoms with E-state index in [0.717, 1.165) is 16.0 Å². The molecule has 3 aromatic carbocycles. The number of carbonyl (C=O) groups is 2. The zero-order valence-electron chi connectivity index (χ0n) is 21.0. The Morgan fingerprint density at radius 1 is 1.05 bits per heavy atom. The Hall–Kier alpha value is -4.04. The van der Waals surface area contributed by atoms with Gasteiger partial charge >= 0.3 is 0 Å². The molecule has 0 fully saturated rings. The summed E-state index contributed by atoms with van der Waals surface area (Å²) >= 11 is 1.59. The highest BCUT2D eigenvalue weighted by atomic mass is 32.2. The van der Waals surface area contributed by atoms with Gasteiger partial charge in [0.2, 0.25) is 5.91 Å². The fourth-order valence-electron chi connectivity index (χ4n) is 4.70. The average molecular weight is 513 g/mol. The van der Waals surface area contributed by atoms with E-state index in [4.69, 9.17) is 9.84 Å². The second-order valence-electron chi connectivity index (χ2n) is 9.05. The van der Waals surface area contributed by atoms with Crippen molar-refractivity contribution in [1.29, 1.82) is 0 Å². The van der Waals surface area contributed by atoms with Gasteiger partial charge in [0, 0.05) is 28.3 Å². The van der Waals surface area contributed by atoms with Gasteiger partial charge in [0.1, 0.15) is 17.0 Å². The summed E-state index contributed by atoms with van der Waals surface area (Å²) in [7, 11) is 1.60. The first-order valence-electron chi connectivity index (χ1n) is 12.0. The van der Waals surface area contributed by atoms with Gasteiger partial charge in [0.15, 0.2) is 0 Å². The maximum atomic E-state index is 14.0. The number of carbonyl (C=O) groups excluding carboxylic acids is 2. The Balaban J connectivity index is 1.55. The zero-order valence-corrected chi connectivity index (χ0v) is 21.8. The number of methoxy groups -OCH3 is 1. The highest BCUT2D eigenvalue weighted by Gasteiger charge is 2.49. The maximum absolute atomic E-state index is 14.0. The molecular weight excluding hydrogens is 484 g/mol. The van der Waals surface area contributed by atoms with Crippen molar-refractivity contribution in [3.63, 3.8) is 0 Å². The van der Waals surface area contributed by atoms with Crippen molar-refractivity contribution in [3.05, 3.63) is 96.2 Å². The van der Waals surface area contributed by atoms with Gasteiger partial charge in [-0.05, 0) is 43.5 Å². The molecule has 0 saturated heterocycles. The molecule has 0 bridgehead atoms. The molecule has 2 heterocycles. The standard InChI is InChI=1S/C29H28N4O3S/c1-29(28(35)30-18-21-12-7-8-15-26(21)36-2)19-32-25(17-24(31-32)20-10-5-4-6-11-20)27(34)33(29)22-13-9-14-23(16-22)37-3/h4-17H,18-19H2,1-3H3,(H,30,35)/t29-/m0/s1. The van der Waals surface area contributed by atoms with Gasteiger partial charge in [-0.25, -0.2) is 0 Å². The van der Waals surface area contributed by atoms with Gasteiger partial charge in [-0.3, -0.25) is 19.2 Å². The van der Waals surface area contributed by atoms with Crippen molar-refractivity contribution < 1.29 is 14.3 Å². The predicted molar refractivity (Wildman–Crippen MR) is 146 cm³/mol. The largest absolute Gasteiger partial charge is 0.496 e. The number of amides is 2. The molecule has 2 amide bonds. The normalized spacial score (nSPS) is 16.8. The first-order chi connectivity index (χ1) is 17.9. The molecule has 0 radical (unpaired) electrons. The topological polar surface area (TPSA) is 76.5 Å². The number of benzene rings is 3. The van der Waals surface area contributed by atoms with E-state index in [1.807, 2.05) is 85.1 Å². The quantitative estimate of drug-likeness (QED) is 0.352. The summed E-state index contributed by atoms with van der Waals surface area (Å²) < 4.78 is 7.10. The van der Waals surface area contributed by atoms with E-state index in [2.05, 4.69) is 5.32 Å². The van der Waals surface area contributed by atoms with Gasteiger partial charge in [-0.15, -0.1) is 11.8 Å². The second-order valence-corrected chi connectivity index (χ2v) is 9.93. The summed E-state index contributed by atoms with van der Waals surface area (Å²) in [4.78, 5) is 30.5. The van der Waals surface area contributed by atoms with Crippen LogP contribution in [0.2, 0.25) is 0 Å². The number of nitrogens with one attached hydrogen (secondary N) is 1. The third-order valence-electron chi connectivity index (χ3n) is 6.66. The van der Waals surface area contributed by atoms with E-state index in [9.17, 15) is 9.59 Å². The van der Waals surface area contributed by atoms with Crippen LogP contribution < -0.4 is 15.0 Å². The number of aromatic nitrogens is 2. The fourth-order valence-corrected chi connectivity index (χ4v) is 5.15. The molecule has 188 valence electrons. The number of thioether (sulfide) groups is 1. The average Bonchev–Trinajstić information content (AvgIpc) is 3.36. The number of anilines is 1. The van der Waals surface area contributed by atoms with Crippen LogP contribution in [0.5, 0.6) is 5.75 Å². The Morgan fingerprint density at radius 2 is 1.81 bits per heavy atom. The van der Waals surface area contributed by atoms with Crippen LogP contribution in [0.1, 0.15) is 23.0 Å². The molecule has 1 N–H and O–H groups in total. The molecule has 0 aliphatic carbocycles. The van der Waals surface area contributed by atoms with Crippen LogP contribution in [0.3, 0.4) is 0 Å². The highest BCUT2D eigenvalue weighted by Crippen LogP contribution is 2.35. The molecule has 4 aromatic rings. The lowest BCUT2D eigenvalue weighted by atomic mass is 9.93.